The van der Waals surface area contributed by atoms with Gasteiger partial charge < -0.3 is 14.6 Å². The van der Waals surface area contributed by atoms with Crippen molar-refractivity contribution in [2.24, 2.45) is 5.92 Å². The molecule has 1 fully saturated rings. The van der Waals surface area contributed by atoms with Crippen molar-refractivity contribution < 1.29 is 22.8 Å². The standard InChI is InChI=1S/C20H16F2N2O3/c21-15-5-3-6-16(22)19(15)24-11-13(9-18(24)25)20(26)23-10-14-8-12-4-1-2-7-17(12)27-14/h1-8,13H,9-11H2,(H,23,26). The highest BCUT2D eigenvalue weighted by atomic mass is 19.1. The van der Waals surface area contributed by atoms with Crippen LogP contribution in [0.1, 0.15) is 12.2 Å². The maximum Gasteiger partial charge on any atom is 0.228 e. The van der Waals surface area contributed by atoms with E-state index in [-0.39, 0.29) is 25.4 Å². The van der Waals surface area contributed by atoms with Gasteiger partial charge in [0.25, 0.3) is 0 Å². The minimum absolute atomic E-state index is 0.0668. The van der Waals surface area contributed by atoms with Crippen LogP contribution in [-0.4, -0.2) is 18.4 Å². The summed E-state index contributed by atoms with van der Waals surface area (Å²) in [6.45, 7) is 0.106. The molecule has 4 rings (SSSR count). The van der Waals surface area contributed by atoms with E-state index >= 15 is 0 Å². The largest absolute Gasteiger partial charge is 0.459 e. The van der Waals surface area contributed by atoms with E-state index in [2.05, 4.69) is 5.32 Å². The van der Waals surface area contributed by atoms with Gasteiger partial charge in [-0.1, -0.05) is 24.3 Å². The number of amides is 2. The highest BCUT2D eigenvalue weighted by Crippen LogP contribution is 2.30. The van der Waals surface area contributed by atoms with Crippen LogP contribution in [0.25, 0.3) is 11.0 Å². The molecule has 5 nitrogen and oxygen atoms in total. The fourth-order valence-electron chi connectivity index (χ4n) is 3.29. The number of nitrogens with zero attached hydrogens (tertiary/aromatic N) is 1. The van der Waals surface area contributed by atoms with Crippen LogP contribution in [0.4, 0.5) is 14.5 Å². The molecule has 0 spiro atoms. The van der Waals surface area contributed by atoms with E-state index in [4.69, 9.17) is 4.42 Å². The van der Waals surface area contributed by atoms with Gasteiger partial charge in [-0.05, 0) is 24.3 Å². The molecule has 2 amide bonds. The molecular weight excluding hydrogens is 354 g/mol. The number of rotatable bonds is 4. The molecular formula is C20H16F2N2O3. The molecule has 0 bridgehead atoms. The summed E-state index contributed by atoms with van der Waals surface area (Å²) in [5, 5.41) is 3.65. The molecule has 1 saturated heterocycles. The van der Waals surface area contributed by atoms with Gasteiger partial charge in [0.1, 0.15) is 28.7 Å². The maximum atomic E-state index is 13.9. The van der Waals surface area contributed by atoms with Gasteiger partial charge in [0, 0.05) is 18.4 Å². The Balaban J connectivity index is 1.43. The Bertz CT molecular complexity index is 978. The van der Waals surface area contributed by atoms with Crippen molar-refractivity contribution in [1.82, 2.24) is 5.32 Å². The van der Waals surface area contributed by atoms with Crippen molar-refractivity contribution in [3.63, 3.8) is 0 Å². The Morgan fingerprint density at radius 2 is 1.89 bits per heavy atom. The number of fused-ring (bicyclic) bond motifs is 1. The monoisotopic (exact) mass is 370 g/mol. The van der Waals surface area contributed by atoms with Crippen LogP contribution in [0.2, 0.25) is 0 Å². The van der Waals surface area contributed by atoms with Crippen molar-refractivity contribution >= 4 is 28.5 Å². The minimum Gasteiger partial charge on any atom is -0.459 e. The molecule has 1 unspecified atom stereocenters. The van der Waals surface area contributed by atoms with Gasteiger partial charge >= 0.3 is 0 Å². The van der Waals surface area contributed by atoms with Gasteiger partial charge in [-0.2, -0.15) is 0 Å². The number of furan rings is 1. The normalized spacial score (nSPS) is 16.9. The van der Waals surface area contributed by atoms with Crippen LogP contribution in [0, 0.1) is 17.6 Å². The predicted octanol–water partition coefficient (Wildman–Crippen LogP) is 3.38. The summed E-state index contributed by atoms with van der Waals surface area (Å²) >= 11 is 0. The molecule has 2 heterocycles. The fraction of sp³-hybridized carbons (Fsp3) is 0.200. The van der Waals surface area contributed by atoms with Crippen LogP contribution < -0.4 is 10.2 Å². The molecule has 1 atom stereocenters. The third-order valence-electron chi connectivity index (χ3n) is 4.62. The highest BCUT2D eigenvalue weighted by molar-refractivity contribution is 6.00. The average molecular weight is 370 g/mol. The summed E-state index contributed by atoms with van der Waals surface area (Å²) < 4.78 is 33.5. The molecule has 138 valence electrons. The second-order valence-corrected chi connectivity index (χ2v) is 6.44. The van der Waals surface area contributed by atoms with Gasteiger partial charge in [-0.3, -0.25) is 9.59 Å². The first-order chi connectivity index (χ1) is 13.0. The summed E-state index contributed by atoms with van der Waals surface area (Å²) in [5.74, 6) is -2.59. The summed E-state index contributed by atoms with van der Waals surface area (Å²) in [6.07, 6.45) is -0.0975. The van der Waals surface area contributed by atoms with Crippen LogP contribution in [0.15, 0.2) is 52.9 Å². The van der Waals surface area contributed by atoms with E-state index < -0.39 is 29.1 Å². The van der Waals surface area contributed by atoms with Gasteiger partial charge in [-0.25, -0.2) is 8.78 Å². The lowest BCUT2D eigenvalue weighted by Gasteiger charge is -2.18. The van der Waals surface area contributed by atoms with Crippen molar-refractivity contribution in [2.45, 2.75) is 13.0 Å². The molecule has 0 aliphatic carbocycles. The lowest BCUT2D eigenvalue weighted by atomic mass is 10.1. The summed E-state index contributed by atoms with van der Waals surface area (Å²) in [5.41, 5.74) is 0.314. The Morgan fingerprint density at radius 1 is 1.15 bits per heavy atom. The Labute approximate surface area is 153 Å². The predicted molar refractivity (Wildman–Crippen MR) is 94.9 cm³/mol. The van der Waals surface area contributed by atoms with Crippen molar-refractivity contribution in [3.05, 3.63) is 65.9 Å². The zero-order valence-electron chi connectivity index (χ0n) is 14.2. The van der Waals surface area contributed by atoms with Crippen LogP contribution in [0.3, 0.4) is 0 Å². The smallest absolute Gasteiger partial charge is 0.228 e. The van der Waals surface area contributed by atoms with E-state index in [1.54, 1.807) is 0 Å². The summed E-state index contributed by atoms with van der Waals surface area (Å²) in [6, 6.07) is 12.7. The van der Waals surface area contributed by atoms with E-state index in [0.29, 0.717) is 5.76 Å². The van der Waals surface area contributed by atoms with Crippen LogP contribution in [0.5, 0.6) is 0 Å². The maximum absolute atomic E-state index is 13.9. The second-order valence-electron chi connectivity index (χ2n) is 6.44. The average Bonchev–Trinajstić information content (AvgIpc) is 3.23. The van der Waals surface area contributed by atoms with E-state index in [1.165, 1.54) is 6.07 Å². The minimum atomic E-state index is -0.827. The molecule has 1 aliphatic heterocycles. The van der Waals surface area contributed by atoms with Crippen molar-refractivity contribution in [2.75, 3.05) is 11.4 Å². The van der Waals surface area contributed by atoms with Crippen molar-refractivity contribution in [1.29, 1.82) is 0 Å². The molecule has 1 aromatic heterocycles. The number of carbonyl (C=O) groups excluding carboxylic acids is 2. The molecule has 2 aromatic carbocycles. The quantitative estimate of drug-likeness (QED) is 0.766. The molecule has 0 saturated carbocycles. The Morgan fingerprint density at radius 3 is 2.63 bits per heavy atom. The molecule has 0 radical (unpaired) electrons. The lowest BCUT2D eigenvalue weighted by molar-refractivity contribution is -0.126. The van der Waals surface area contributed by atoms with Gasteiger partial charge in [0.15, 0.2) is 0 Å². The van der Waals surface area contributed by atoms with Crippen LogP contribution in [-0.2, 0) is 16.1 Å². The third kappa shape index (κ3) is 3.28. The zero-order valence-corrected chi connectivity index (χ0v) is 14.2. The lowest BCUT2D eigenvalue weighted by Crippen LogP contribution is -2.33. The topological polar surface area (TPSA) is 62.6 Å². The Hall–Kier alpha value is -3.22. The number of hydrogen-bond acceptors (Lipinski definition) is 3. The molecule has 7 heteroatoms. The summed E-state index contributed by atoms with van der Waals surface area (Å²) in [7, 11) is 0. The van der Waals surface area contributed by atoms with Gasteiger partial charge in [-0.15, -0.1) is 0 Å². The van der Waals surface area contributed by atoms with Crippen LogP contribution >= 0.6 is 0 Å². The number of carbonyl (C=O) groups is 2. The zero-order chi connectivity index (χ0) is 19.0. The SMILES string of the molecule is O=C(NCc1cc2ccccc2o1)C1CC(=O)N(c2c(F)cccc2F)C1. The molecule has 1 N–H and O–H groups in total. The number of nitrogens with one attached hydrogen (secondary N) is 1. The van der Waals surface area contributed by atoms with Crippen molar-refractivity contribution in [3.8, 4) is 0 Å². The first-order valence-corrected chi connectivity index (χ1v) is 8.52. The van der Waals surface area contributed by atoms with Gasteiger partial charge in [0.2, 0.25) is 11.8 Å². The number of para-hydroxylation sites is 2. The third-order valence-corrected chi connectivity index (χ3v) is 4.62. The first kappa shape index (κ1) is 17.2. The summed E-state index contributed by atoms with van der Waals surface area (Å²) in [4.78, 5) is 25.6. The van der Waals surface area contributed by atoms with E-state index in [0.717, 1.165) is 28.0 Å². The Kier molecular flexibility index (Phi) is 4.35. The number of hydrogen-bond donors (Lipinski definition) is 1. The first-order valence-electron chi connectivity index (χ1n) is 8.52. The molecule has 3 aromatic rings. The van der Waals surface area contributed by atoms with E-state index in [1.807, 2.05) is 30.3 Å². The molecule has 1 aliphatic rings. The fourth-order valence-corrected chi connectivity index (χ4v) is 3.29. The highest BCUT2D eigenvalue weighted by Gasteiger charge is 2.37. The number of halogens is 2. The van der Waals surface area contributed by atoms with E-state index in [9.17, 15) is 18.4 Å². The second kappa shape index (κ2) is 6.83. The number of benzene rings is 2. The molecule has 27 heavy (non-hydrogen) atoms. The van der Waals surface area contributed by atoms with Gasteiger partial charge in [0.05, 0.1) is 12.5 Å². The number of anilines is 1.